The van der Waals surface area contributed by atoms with Crippen molar-refractivity contribution in [2.45, 2.75) is 58.5 Å². The third-order valence-corrected chi connectivity index (χ3v) is 11.6. The van der Waals surface area contributed by atoms with Gasteiger partial charge in [-0.25, -0.2) is 0 Å². The molecule has 1 heterocycles. The van der Waals surface area contributed by atoms with Crippen molar-refractivity contribution in [3.8, 4) is 0 Å². The lowest BCUT2D eigenvalue weighted by Gasteiger charge is -2.48. The molecule has 34 heavy (non-hydrogen) atoms. The van der Waals surface area contributed by atoms with Crippen LogP contribution in [-0.4, -0.2) is 46.2 Å². The predicted molar refractivity (Wildman–Crippen MR) is 138 cm³/mol. The smallest absolute Gasteiger partial charge is 0.193 e. The van der Waals surface area contributed by atoms with E-state index in [4.69, 9.17) is 19.3 Å². The first-order valence-corrected chi connectivity index (χ1v) is 14.6. The van der Waals surface area contributed by atoms with Gasteiger partial charge in [-0.1, -0.05) is 63.3 Å². The first kappa shape index (κ1) is 26.1. The number of nitrogens with one attached hydrogen (secondary N) is 2. The minimum atomic E-state index is -2.27. The van der Waals surface area contributed by atoms with Gasteiger partial charge in [-0.15, -0.1) is 0 Å². The lowest BCUT2D eigenvalue weighted by atomic mass is 9.75. The predicted octanol–water partition coefficient (Wildman–Crippen LogP) is 5.15. The molecule has 3 rings (SSSR count). The van der Waals surface area contributed by atoms with Crippen LogP contribution in [0.1, 0.15) is 33.3 Å². The normalized spacial score (nSPS) is 25.7. The number of ketones is 1. The molecule has 184 valence electrons. The topological polar surface area (TPSA) is 80.6 Å². The number of benzene rings is 1. The zero-order valence-electron chi connectivity index (χ0n) is 21.5. The number of ether oxygens (including phenoxy) is 2. The van der Waals surface area contributed by atoms with E-state index in [1.807, 2.05) is 49.4 Å². The number of methoxy groups -OCH3 is 1. The lowest BCUT2D eigenvalue weighted by molar-refractivity contribution is -0.138. The fourth-order valence-corrected chi connectivity index (χ4v) is 5.22. The first-order chi connectivity index (χ1) is 15.9. The standard InChI is InChI=1S/C27H38N2O4Si/c1-26(2,3)34(6,7)33-25-24(29-16-22(30)27(25,4)18-31-5)20-14-11-15-21(23(20)28)32-17-19-12-9-8-10-13-19/h8-15,25,28-29H,16-18H2,1-7H3/b24-20-,28-23?. The first-order valence-electron chi connectivity index (χ1n) is 11.7. The molecule has 0 aromatic heterocycles. The number of rotatable bonds is 7. The number of hydrogen-bond donors (Lipinski definition) is 2. The summed E-state index contributed by atoms with van der Waals surface area (Å²) in [6, 6.07) is 9.89. The van der Waals surface area contributed by atoms with Crippen molar-refractivity contribution >= 4 is 19.8 Å². The molecule has 2 aliphatic rings. The highest BCUT2D eigenvalue weighted by Crippen LogP contribution is 2.43. The minimum Gasteiger partial charge on any atom is -0.487 e. The molecule has 1 aliphatic carbocycles. The second-order valence-electron chi connectivity index (χ2n) is 10.8. The Kier molecular flexibility index (Phi) is 7.70. The van der Waals surface area contributed by atoms with Crippen LogP contribution in [0, 0.1) is 10.8 Å². The summed E-state index contributed by atoms with van der Waals surface area (Å²) in [6.07, 6.45) is 5.03. The Balaban J connectivity index is 1.99. The highest BCUT2D eigenvalue weighted by molar-refractivity contribution is 6.74. The fraction of sp³-hybridized carbons (Fsp3) is 0.481. The van der Waals surface area contributed by atoms with Crippen LogP contribution in [0.3, 0.4) is 0 Å². The number of carbonyl (C=O) groups is 1. The quantitative estimate of drug-likeness (QED) is 0.526. The SMILES string of the molecule is COCC1(C)C(=O)CN/C(=C2/C=CC=C(OCc3ccccc3)C2=N)C1O[Si](C)(C)C(C)(C)C. The van der Waals surface area contributed by atoms with E-state index in [1.54, 1.807) is 13.2 Å². The summed E-state index contributed by atoms with van der Waals surface area (Å²) in [5, 5.41) is 12.2. The Labute approximate surface area is 204 Å². The maximum absolute atomic E-state index is 13.1. The molecule has 1 aliphatic heterocycles. The Morgan fingerprint density at radius 3 is 2.50 bits per heavy atom. The van der Waals surface area contributed by atoms with Crippen molar-refractivity contribution in [2.24, 2.45) is 5.41 Å². The van der Waals surface area contributed by atoms with E-state index < -0.39 is 19.8 Å². The molecule has 1 saturated heterocycles. The van der Waals surface area contributed by atoms with Crippen molar-refractivity contribution in [1.29, 1.82) is 5.41 Å². The Morgan fingerprint density at radius 2 is 1.88 bits per heavy atom. The highest BCUT2D eigenvalue weighted by Gasteiger charge is 2.52. The van der Waals surface area contributed by atoms with Gasteiger partial charge in [0.15, 0.2) is 14.1 Å². The summed E-state index contributed by atoms with van der Waals surface area (Å²) in [5.74, 6) is 0.539. The number of carbonyl (C=O) groups excluding carboxylic acids is 1. The molecule has 0 amide bonds. The van der Waals surface area contributed by atoms with Crippen LogP contribution < -0.4 is 5.32 Å². The monoisotopic (exact) mass is 482 g/mol. The minimum absolute atomic E-state index is 0.0446. The van der Waals surface area contributed by atoms with E-state index >= 15 is 0 Å². The Bertz CT molecular complexity index is 1020. The second-order valence-corrected chi connectivity index (χ2v) is 15.5. The molecular formula is C27H38N2O4Si. The van der Waals surface area contributed by atoms with Gasteiger partial charge in [0.2, 0.25) is 0 Å². The van der Waals surface area contributed by atoms with Crippen LogP contribution in [0.5, 0.6) is 0 Å². The maximum atomic E-state index is 13.1. The molecule has 2 N–H and O–H groups in total. The summed E-state index contributed by atoms with van der Waals surface area (Å²) >= 11 is 0. The summed E-state index contributed by atoms with van der Waals surface area (Å²) in [4.78, 5) is 13.1. The van der Waals surface area contributed by atoms with E-state index in [2.05, 4.69) is 39.2 Å². The third kappa shape index (κ3) is 5.27. The summed E-state index contributed by atoms with van der Waals surface area (Å²) in [5.41, 5.74) is 1.88. The summed E-state index contributed by atoms with van der Waals surface area (Å²) < 4.78 is 18.4. The van der Waals surface area contributed by atoms with Crippen molar-refractivity contribution in [2.75, 3.05) is 20.3 Å². The van der Waals surface area contributed by atoms with Crippen molar-refractivity contribution < 1.29 is 18.7 Å². The lowest BCUT2D eigenvalue weighted by Crippen LogP contribution is -2.60. The van der Waals surface area contributed by atoms with E-state index in [0.29, 0.717) is 17.9 Å². The number of hydrogen-bond acceptors (Lipinski definition) is 6. The summed E-state index contributed by atoms with van der Waals surface area (Å²) in [6.45, 7) is 13.6. The van der Waals surface area contributed by atoms with Gasteiger partial charge < -0.3 is 19.2 Å². The molecular weight excluding hydrogens is 444 g/mol. The van der Waals surface area contributed by atoms with E-state index in [1.165, 1.54) is 0 Å². The molecule has 1 fully saturated rings. The molecule has 6 nitrogen and oxygen atoms in total. The second kappa shape index (κ2) is 10.0. The highest BCUT2D eigenvalue weighted by atomic mass is 28.4. The molecule has 2 atom stereocenters. The van der Waals surface area contributed by atoms with Gasteiger partial charge in [0.1, 0.15) is 24.2 Å². The molecule has 0 bridgehead atoms. The van der Waals surface area contributed by atoms with Crippen molar-refractivity contribution in [3.05, 3.63) is 71.2 Å². The van der Waals surface area contributed by atoms with E-state index in [-0.39, 0.29) is 29.7 Å². The Hall–Kier alpha value is -2.48. The van der Waals surface area contributed by atoms with Crippen LogP contribution in [0.15, 0.2) is 65.6 Å². The van der Waals surface area contributed by atoms with Gasteiger partial charge in [0, 0.05) is 18.4 Å². The third-order valence-electron chi connectivity index (χ3n) is 7.13. The molecule has 0 spiro atoms. The zero-order chi connectivity index (χ0) is 25.1. The van der Waals surface area contributed by atoms with Crippen LogP contribution in [0.4, 0.5) is 0 Å². The number of piperidine rings is 1. The largest absolute Gasteiger partial charge is 0.487 e. The Morgan fingerprint density at radius 1 is 1.21 bits per heavy atom. The van der Waals surface area contributed by atoms with Gasteiger partial charge in [0.05, 0.1) is 18.6 Å². The molecule has 0 radical (unpaired) electrons. The number of allylic oxidation sites excluding steroid dienone is 4. The van der Waals surface area contributed by atoms with Crippen LogP contribution in [0.25, 0.3) is 0 Å². The fourth-order valence-electron chi connectivity index (χ4n) is 3.90. The van der Waals surface area contributed by atoms with Crippen molar-refractivity contribution in [1.82, 2.24) is 5.32 Å². The van der Waals surface area contributed by atoms with Gasteiger partial charge in [-0.05, 0) is 36.7 Å². The molecule has 7 heteroatoms. The molecule has 2 unspecified atom stereocenters. The van der Waals surface area contributed by atoms with E-state index in [9.17, 15) is 4.79 Å². The molecule has 1 aromatic carbocycles. The van der Waals surface area contributed by atoms with Gasteiger partial charge in [-0.3, -0.25) is 10.2 Å². The van der Waals surface area contributed by atoms with Crippen LogP contribution in [-0.2, 0) is 25.3 Å². The van der Waals surface area contributed by atoms with Crippen LogP contribution in [0.2, 0.25) is 18.1 Å². The summed E-state index contributed by atoms with van der Waals surface area (Å²) in [7, 11) is -0.657. The van der Waals surface area contributed by atoms with Crippen molar-refractivity contribution in [3.63, 3.8) is 0 Å². The molecule has 0 saturated carbocycles. The average Bonchev–Trinajstić information content (AvgIpc) is 2.77. The molecule has 1 aromatic rings. The van der Waals surface area contributed by atoms with Gasteiger partial charge >= 0.3 is 0 Å². The van der Waals surface area contributed by atoms with Gasteiger partial charge in [-0.2, -0.15) is 0 Å². The average molecular weight is 483 g/mol. The zero-order valence-corrected chi connectivity index (χ0v) is 22.5. The maximum Gasteiger partial charge on any atom is 0.193 e. The number of Topliss-reactive ketones (excluding diaryl/α,β-unsaturated/α-hetero) is 1. The van der Waals surface area contributed by atoms with Crippen LogP contribution >= 0.6 is 0 Å². The van der Waals surface area contributed by atoms with Gasteiger partial charge in [0.25, 0.3) is 0 Å². The van der Waals surface area contributed by atoms with E-state index in [0.717, 1.165) is 11.3 Å².